The summed E-state index contributed by atoms with van der Waals surface area (Å²) >= 11 is 0. The molecule has 3 rings (SSSR count). The SMILES string of the molecule is CC=Cc1ccc(C2C[C@H]3CCC(C2C(=O)OC)N3C)cc1. The lowest BCUT2D eigenvalue weighted by atomic mass is 9.76. The van der Waals surface area contributed by atoms with Crippen LogP contribution in [0.1, 0.15) is 43.2 Å². The molecule has 0 radical (unpaired) electrons. The van der Waals surface area contributed by atoms with Crippen molar-refractivity contribution in [2.24, 2.45) is 5.92 Å². The molecule has 2 fully saturated rings. The zero-order valence-corrected chi connectivity index (χ0v) is 13.7. The number of carbonyl (C=O) groups is 1. The van der Waals surface area contributed by atoms with Crippen LogP contribution in [0.2, 0.25) is 0 Å². The molecule has 3 nitrogen and oxygen atoms in total. The van der Waals surface area contributed by atoms with Gasteiger partial charge in [-0.2, -0.15) is 0 Å². The van der Waals surface area contributed by atoms with E-state index in [0.29, 0.717) is 12.1 Å². The van der Waals surface area contributed by atoms with Gasteiger partial charge in [0, 0.05) is 18.0 Å². The fraction of sp³-hybridized carbons (Fsp3) is 0.526. The van der Waals surface area contributed by atoms with E-state index in [0.717, 1.165) is 12.8 Å². The molecule has 1 aromatic carbocycles. The van der Waals surface area contributed by atoms with Crippen LogP contribution in [0.3, 0.4) is 0 Å². The third-order valence-corrected chi connectivity index (χ3v) is 5.47. The second kappa shape index (κ2) is 6.25. The minimum absolute atomic E-state index is 0.0404. The molecular formula is C19H25NO2. The number of hydrogen-bond acceptors (Lipinski definition) is 3. The molecule has 3 heteroatoms. The van der Waals surface area contributed by atoms with Gasteiger partial charge in [0.05, 0.1) is 13.0 Å². The first-order valence-electron chi connectivity index (χ1n) is 8.18. The number of allylic oxidation sites excluding steroid dienone is 1. The normalized spacial score (nSPS) is 31.6. The summed E-state index contributed by atoms with van der Waals surface area (Å²) in [4.78, 5) is 14.8. The fourth-order valence-corrected chi connectivity index (χ4v) is 4.31. The van der Waals surface area contributed by atoms with Crippen molar-refractivity contribution in [2.45, 2.75) is 44.2 Å². The molecule has 0 spiro atoms. The maximum Gasteiger partial charge on any atom is 0.310 e. The van der Waals surface area contributed by atoms with E-state index in [9.17, 15) is 4.79 Å². The lowest BCUT2D eigenvalue weighted by Crippen LogP contribution is -2.49. The maximum absolute atomic E-state index is 12.4. The molecule has 2 saturated heterocycles. The molecule has 2 aliphatic heterocycles. The molecule has 0 N–H and O–H groups in total. The van der Waals surface area contributed by atoms with E-state index in [1.807, 2.05) is 13.0 Å². The lowest BCUT2D eigenvalue weighted by molar-refractivity contribution is -0.150. The van der Waals surface area contributed by atoms with Gasteiger partial charge in [-0.1, -0.05) is 36.4 Å². The second-order valence-electron chi connectivity index (χ2n) is 6.52. The van der Waals surface area contributed by atoms with Crippen molar-refractivity contribution in [3.63, 3.8) is 0 Å². The Morgan fingerprint density at radius 1 is 1.27 bits per heavy atom. The molecule has 22 heavy (non-hydrogen) atoms. The molecule has 0 amide bonds. The average molecular weight is 299 g/mol. The zero-order valence-electron chi connectivity index (χ0n) is 13.7. The van der Waals surface area contributed by atoms with E-state index in [2.05, 4.69) is 42.3 Å². The Morgan fingerprint density at radius 2 is 2.00 bits per heavy atom. The van der Waals surface area contributed by atoms with Crippen molar-refractivity contribution in [3.8, 4) is 0 Å². The molecule has 4 atom stereocenters. The number of benzene rings is 1. The summed E-state index contributed by atoms with van der Waals surface area (Å²) in [6.07, 6.45) is 7.49. The third-order valence-electron chi connectivity index (χ3n) is 5.47. The number of nitrogens with zero attached hydrogens (tertiary/aromatic N) is 1. The Balaban J connectivity index is 1.91. The van der Waals surface area contributed by atoms with Crippen LogP contribution in [0.5, 0.6) is 0 Å². The number of hydrogen-bond donors (Lipinski definition) is 0. The number of esters is 1. The van der Waals surface area contributed by atoms with Gasteiger partial charge in [-0.3, -0.25) is 9.69 Å². The molecule has 0 aromatic heterocycles. The quantitative estimate of drug-likeness (QED) is 0.801. The topological polar surface area (TPSA) is 29.5 Å². The van der Waals surface area contributed by atoms with Gasteiger partial charge >= 0.3 is 5.97 Å². The van der Waals surface area contributed by atoms with Gasteiger partial charge in [0.15, 0.2) is 0 Å². The largest absolute Gasteiger partial charge is 0.469 e. The van der Waals surface area contributed by atoms with Crippen molar-refractivity contribution in [3.05, 3.63) is 41.5 Å². The zero-order chi connectivity index (χ0) is 15.7. The van der Waals surface area contributed by atoms with E-state index in [4.69, 9.17) is 4.74 Å². The molecule has 118 valence electrons. The Hall–Kier alpha value is -1.61. The van der Waals surface area contributed by atoms with Gasteiger partial charge in [-0.05, 0) is 44.4 Å². The summed E-state index contributed by atoms with van der Waals surface area (Å²) in [5.41, 5.74) is 2.48. The number of fused-ring (bicyclic) bond motifs is 2. The van der Waals surface area contributed by atoms with Crippen LogP contribution in [0, 0.1) is 5.92 Å². The Morgan fingerprint density at radius 3 is 2.64 bits per heavy atom. The van der Waals surface area contributed by atoms with Crippen LogP contribution in [0.25, 0.3) is 6.08 Å². The molecule has 0 saturated carbocycles. The van der Waals surface area contributed by atoms with Crippen LogP contribution in [0.4, 0.5) is 0 Å². The summed E-state index contributed by atoms with van der Waals surface area (Å²) in [5.74, 6) is 0.182. The smallest absolute Gasteiger partial charge is 0.310 e. The number of methoxy groups -OCH3 is 1. The Bertz CT molecular complexity index is 563. The van der Waals surface area contributed by atoms with Gasteiger partial charge in [-0.15, -0.1) is 0 Å². The van der Waals surface area contributed by atoms with E-state index in [-0.39, 0.29) is 17.8 Å². The monoisotopic (exact) mass is 299 g/mol. The van der Waals surface area contributed by atoms with Crippen LogP contribution in [-0.4, -0.2) is 37.1 Å². The minimum Gasteiger partial charge on any atom is -0.469 e. The standard InChI is InChI=1S/C19H25NO2/c1-4-5-13-6-8-14(9-7-13)16-12-15-10-11-17(20(15)2)18(16)19(21)22-3/h4-9,15-18H,10-12H2,1-3H3/t15-,16?,17?,18?/m1/s1. The highest BCUT2D eigenvalue weighted by atomic mass is 16.5. The number of piperidine rings is 1. The van der Waals surface area contributed by atoms with Crippen LogP contribution < -0.4 is 0 Å². The number of ether oxygens (including phenoxy) is 1. The number of carbonyl (C=O) groups excluding carboxylic acids is 1. The molecule has 0 aliphatic carbocycles. The second-order valence-corrected chi connectivity index (χ2v) is 6.52. The molecule has 1 aromatic rings. The van der Waals surface area contributed by atoms with Gasteiger partial charge in [0.2, 0.25) is 0 Å². The summed E-state index contributed by atoms with van der Waals surface area (Å²) in [5, 5.41) is 0. The molecular weight excluding hydrogens is 274 g/mol. The predicted molar refractivity (Wildman–Crippen MR) is 88.6 cm³/mol. The Labute approximate surface area is 133 Å². The number of rotatable bonds is 3. The van der Waals surface area contributed by atoms with E-state index in [1.165, 1.54) is 24.7 Å². The van der Waals surface area contributed by atoms with E-state index in [1.54, 1.807) is 0 Å². The molecule has 3 unspecified atom stereocenters. The average Bonchev–Trinajstić information content (AvgIpc) is 2.77. The third kappa shape index (κ3) is 2.58. The lowest BCUT2D eigenvalue weighted by Gasteiger charge is -2.41. The summed E-state index contributed by atoms with van der Waals surface area (Å²) in [6, 6.07) is 9.58. The minimum atomic E-state index is -0.0558. The van der Waals surface area contributed by atoms with Crippen molar-refractivity contribution >= 4 is 12.0 Å². The fourth-order valence-electron chi connectivity index (χ4n) is 4.31. The first kappa shape index (κ1) is 15.3. The maximum atomic E-state index is 12.4. The van der Waals surface area contributed by atoms with Crippen molar-refractivity contribution in [1.82, 2.24) is 4.90 Å². The summed E-state index contributed by atoms with van der Waals surface area (Å²) < 4.78 is 5.13. The van der Waals surface area contributed by atoms with Crippen molar-refractivity contribution < 1.29 is 9.53 Å². The predicted octanol–water partition coefficient (Wildman–Crippen LogP) is 3.46. The highest BCUT2D eigenvalue weighted by Gasteiger charge is 2.49. The van der Waals surface area contributed by atoms with E-state index < -0.39 is 0 Å². The first-order valence-corrected chi connectivity index (χ1v) is 8.18. The summed E-state index contributed by atoms with van der Waals surface area (Å²) in [7, 11) is 3.67. The van der Waals surface area contributed by atoms with Crippen molar-refractivity contribution in [2.75, 3.05) is 14.2 Å². The van der Waals surface area contributed by atoms with Crippen LogP contribution in [-0.2, 0) is 9.53 Å². The molecule has 2 heterocycles. The van der Waals surface area contributed by atoms with Crippen LogP contribution in [0.15, 0.2) is 30.3 Å². The molecule has 2 aliphatic rings. The van der Waals surface area contributed by atoms with Gasteiger partial charge in [-0.25, -0.2) is 0 Å². The highest BCUT2D eigenvalue weighted by Crippen LogP contribution is 2.46. The van der Waals surface area contributed by atoms with Gasteiger partial charge in [0.25, 0.3) is 0 Å². The first-order chi connectivity index (χ1) is 10.7. The molecule has 2 bridgehead atoms. The Kier molecular flexibility index (Phi) is 4.34. The van der Waals surface area contributed by atoms with Crippen molar-refractivity contribution in [1.29, 1.82) is 0 Å². The summed E-state index contributed by atoms with van der Waals surface area (Å²) in [6.45, 7) is 2.02. The highest BCUT2D eigenvalue weighted by molar-refractivity contribution is 5.75. The van der Waals surface area contributed by atoms with Crippen LogP contribution >= 0.6 is 0 Å². The van der Waals surface area contributed by atoms with Gasteiger partial charge < -0.3 is 4.74 Å². The van der Waals surface area contributed by atoms with E-state index >= 15 is 0 Å². The van der Waals surface area contributed by atoms with Gasteiger partial charge in [0.1, 0.15) is 0 Å².